The zero-order valence-electron chi connectivity index (χ0n) is 9.95. The number of aliphatic hydroxyl groups is 1. The second-order valence-electron chi connectivity index (χ2n) is 3.88. The number of benzene rings is 1. The number of carbonyl (C=O) groups is 2. The van der Waals surface area contributed by atoms with Crippen LogP contribution < -0.4 is 5.32 Å². The molecule has 1 aromatic rings. The molecule has 110 valence electrons. The van der Waals surface area contributed by atoms with E-state index in [1.807, 2.05) is 0 Å². The summed E-state index contributed by atoms with van der Waals surface area (Å²) in [6, 6.07) is -1.73. The zero-order valence-corrected chi connectivity index (χ0v) is 9.95. The van der Waals surface area contributed by atoms with Crippen LogP contribution in [0.15, 0.2) is 6.07 Å². The van der Waals surface area contributed by atoms with Gasteiger partial charge in [0.1, 0.15) is 0 Å². The van der Waals surface area contributed by atoms with E-state index in [1.54, 1.807) is 5.32 Å². The number of nitrogens with one attached hydrogen (secondary N) is 1. The van der Waals surface area contributed by atoms with Crippen molar-refractivity contribution in [1.29, 1.82) is 0 Å². The number of rotatable bonds is 4. The predicted molar refractivity (Wildman–Crippen MR) is 56.8 cm³/mol. The van der Waals surface area contributed by atoms with Gasteiger partial charge in [0, 0.05) is 0 Å². The number of aliphatic carboxylic acids is 1. The summed E-state index contributed by atoms with van der Waals surface area (Å²) < 4.78 is 51.8. The molecule has 2 unspecified atom stereocenters. The topological polar surface area (TPSA) is 86.6 Å². The minimum absolute atomic E-state index is 0.0873. The Hall–Kier alpha value is -2.16. The standard InChI is InChI=1S/C11H9F4NO4/c1-3(17)9(11(19)20)16-10(18)4-2-5(12)7(14)8(15)6(4)13/h2-3,9,17H,1H3,(H,16,18)(H,19,20). The molecule has 0 aliphatic carbocycles. The van der Waals surface area contributed by atoms with E-state index in [0.29, 0.717) is 0 Å². The number of halogens is 4. The third kappa shape index (κ3) is 3.05. The second-order valence-corrected chi connectivity index (χ2v) is 3.88. The van der Waals surface area contributed by atoms with Crippen LogP contribution in [-0.2, 0) is 4.79 Å². The Labute approximate surface area is 109 Å². The molecule has 0 aliphatic heterocycles. The summed E-state index contributed by atoms with van der Waals surface area (Å²) in [5.74, 6) is -11.2. The van der Waals surface area contributed by atoms with Gasteiger partial charge >= 0.3 is 5.97 Å². The molecule has 9 heteroatoms. The first-order valence-electron chi connectivity index (χ1n) is 5.21. The molecule has 0 fully saturated rings. The maximum atomic E-state index is 13.3. The van der Waals surface area contributed by atoms with Crippen molar-refractivity contribution in [3.8, 4) is 0 Å². The van der Waals surface area contributed by atoms with Crippen molar-refractivity contribution in [3.05, 3.63) is 34.9 Å². The van der Waals surface area contributed by atoms with Gasteiger partial charge in [-0.3, -0.25) is 4.79 Å². The van der Waals surface area contributed by atoms with Gasteiger partial charge in [0.2, 0.25) is 0 Å². The van der Waals surface area contributed by atoms with E-state index in [1.165, 1.54) is 0 Å². The summed E-state index contributed by atoms with van der Waals surface area (Å²) >= 11 is 0. The summed E-state index contributed by atoms with van der Waals surface area (Å²) in [7, 11) is 0. The molecule has 0 saturated carbocycles. The summed E-state index contributed by atoms with van der Waals surface area (Å²) in [6.07, 6.45) is -1.55. The molecule has 1 rings (SSSR count). The largest absolute Gasteiger partial charge is 0.480 e. The minimum Gasteiger partial charge on any atom is -0.480 e. The maximum Gasteiger partial charge on any atom is 0.328 e. The highest BCUT2D eigenvalue weighted by Crippen LogP contribution is 2.18. The zero-order chi connectivity index (χ0) is 15.6. The van der Waals surface area contributed by atoms with Crippen molar-refractivity contribution in [3.63, 3.8) is 0 Å². The molecular weight excluding hydrogens is 286 g/mol. The van der Waals surface area contributed by atoms with Crippen LogP contribution in [0.5, 0.6) is 0 Å². The molecule has 0 aliphatic rings. The highest BCUT2D eigenvalue weighted by Gasteiger charge is 2.29. The first-order valence-corrected chi connectivity index (χ1v) is 5.21. The van der Waals surface area contributed by atoms with Gasteiger partial charge < -0.3 is 15.5 Å². The van der Waals surface area contributed by atoms with Crippen molar-refractivity contribution in [2.75, 3.05) is 0 Å². The summed E-state index contributed by atoms with van der Waals surface area (Å²) in [6.45, 7) is 1.03. The average molecular weight is 295 g/mol. The van der Waals surface area contributed by atoms with Crippen molar-refractivity contribution in [2.45, 2.75) is 19.1 Å². The van der Waals surface area contributed by atoms with E-state index >= 15 is 0 Å². The van der Waals surface area contributed by atoms with Crippen LogP contribution in [0.3, 0.4) is 0 Å². The maximum absolute atomic E-state index is 13.3. The third-order valence-corrected chi connectivity index (χ3v) is 2.38. The van der Waals surface area contributed by atoms with E-state index in [-0.39, 0.29) is 6.07 Å². The second kappa shape index (κ2) is 5.87. The van der Waals surface area contributed by atoms with Gasteiger partial charge in [0.25, 0.3) is 5.91 Å². The number of hydrogen-bond acceptors (Lipinski definition) is 3. The molecule has 5 nitrogen and oxygen atoms in total. The molecule has 0 bridgehead atoms. The fourth-order valence-corrected chi connectivity index (χ4v) is 1.35. The van der Waals surface area contributed by atoms with Crippen molar-refractivity contribution >= 4 is 11.9 Å². The lowest BCUT2D eigenvalue weighted by Gasteiger charge is -2.17. The smallest absolute Gasteiger partial charge is 0.328 e. The molecule has 2 atom stereocenters. The molecule has 0 aromatic heterocycles. The van der Waals surface area contributed by atoms with E-state index < -0.39 is 52.9 Å². The van der Waals surface area contributed by atoms with Gasteiger partial charge in [-0.05, 0) is 13.0 Å². The van der Waals surface area contributed by atoms with Crippen LogP contribution in [0.25, 0.3) is 0 Å². The molecular formula is C11H9F4NO4. The number of amides is 1. The lowest BCUT2D eigenvalue weighted by atomic mass is 10.1. The van der Waals surface area contributed by atoms with Crippen LogP contribution in [0, 0.1) is 23.3 Å². The molecule has 0 radical (unpaired) electrons. The molecule has 0 saturated heterocycles. The lowest BCUT2D eigenvalue weighted by molar-refractivity contribution is -0.141. The first kappa shape index (κ1) is 15.9. The monoisotopic (exact) mass is 295 g/mol. The molecule has 1 aromatic carbocycles. The lowest BCUT2D eigenvalue weighted by Crippen LogP contribution is -2.47. The van der Waals surface area contributed by atoms with Crippen LogP contribution in [0.1, 0.15) is 17.3 Å². The SMILES string of the molecule is CC(O)C(NC(=O)c1cc(F)c(F)c(F)c1F)C(=O)O. The van der Waals surface area contributed by atoms with Crippen molar-refractivity contribution in [2.24, 2.45) is 0 Å². The van der Waals surface area contributed by atoms with Gasteiger partial charge in [-0.15, -0.1) is 0 Å². The van der Waals surface area contributed by atoms with E-state index in [0.717, 1.165) is 6.92 Å². The Kier molecular flexibility index (Phi) is 4.66. The highest BCUT2D eigenvalue weighted by atomic mass is 19.2. The van der Waals surface area contributed by atoms with Gasteiger partial charge in [0.15, 0.2) is 29.3 Å². The molecule has 3 N–H and O–H groups in total. The molecule has 0 spiro atoms. The van der Waals surface area contributed by atoms with Crippen LogP contribution >= 0.6 is 0 Å². The van der Waals surface area contributed by atoms with E-state index in [4.69, 9.17) is 10.2 Å². The summed E-state index contributed by atoms with van der Waals surface area (Å²) in [4.78, 5) is 22.2. The fourth-order valence-electron chi connectivity index (χ4n) is 1.35. The van der Waals surface area contributed by atoms with Crippen molar-refractivity contribution in [1.82, 2.24) is 5.32 Å². The number of hydrogen-bond donors (Lipinski definition) is 3. The van der Waals surface area contributed by atoms with Crippen molar-refractivity contribution < 1.29 is 37.4 Å². The van der Waals surface area contributed by atoms with Crippen LogP contribution in [0.2, 0.25) is 0 Å². The Morgan fingerprint density at radius 1 is 1.15 bits per heavy atom. The van der Waals surface area contributed by atoms with Crippen LogP contribution in [-0.4, -0.2) is 34.2 Å². The molecule has 1 amide bonds. The first-order chi connectivity index (χ1) is 9.16. The predicted octanol–water partition coefficient (Wildman–Crippen LogP) is 0.807. The number of carboxylic acids is 1. The van der Waals surface area contributed by atoms with Gasteiger partial charge in [0.05, 0.1) is 11.7 Å². The number of aliphatic hydroxyl groups excluding tert-OH is 1. The summed E-state index contributed by atoms with van der Waals surface area (Å²) in [5.41, 5.74) is -1.21. The molecule has 20 heavy (non-hydrogen) atoms. The normalized spacial score (nSPS) is 13.7. The number of carbonyl (C=O) groups excluding carboxylic acids is 1. The minimum atomic E-state index is -2.20. The van der Waals surface area contributed by atoms with Gasteiger partial charge in [-0.25, -0.2) is 22.4 Å². The Morgan fingerprint density at radius 3 is 2.15 bits per heavy atom. The Morgan fingerprint density at radius 2 is 1.70 bits per heavy atom. The Bertz CT molecular complexity index is 562. The fraction of sp³-hybridized carbons (Fsp3) is 0.273. The van der Waals surface area contributed by atoms with Gasteiger partial charge in [-0.1, -0.05) is 0 Å². The third-order valence-electron chi connectivity index (χ3n) is 2.38. The van der Waals surface area contributed by atoms with E-state index in [9.17, 15) is 27.2 Å². The summed E-state index contributed by atoms with van der Waals surface area (Å²) in [5, 5.41) is 19.5. The number of carboxylic acid groups (broad SMARTS) is 1. The van der Waals surface area contributed by atoms with Gasteiger partial charge in [-0.2, -0.15) is 0 Å². The Balaban J connectivity index is 3.13. The highest BCUT2D eigenvalue weighted by molar-refractivity contribution is 5.97. The average Bonchev–Trinajstić information content (AvgIpc) is 2.36. The van der Waals surface area contributed by atoms with E-state index in [2.05, 4.69) is 0 Å². The van der Waals surface area contributed by atoms with Crippen LogP contribution in [0.4, 0.5) is 17.6 Å². The molecule has 0 heterocycles. The quantitative estimate of drug-likeness (QED) is 0.436.